The summed E-state index contributed by atoms with van der Waals surface area (Å²) >= 11 is 0. The average molecular weight is 225 g/mol. The molecule has 15 heavy (non-hydrogen) atoms. The van der Waals surface area contributed by atoms with Gasteiger partial charge >= 0.3 is 0 Å². The van der Waals surface area contributed by atoms with Crippen LogP contribution in [0.15, 0.2) is 24.5 Å². The van der Waals surface area contributed by atoms with Crippen LogP contribution in [0.4, 0.5) is 0 Å². The zero-order chi connectivity index (χ0) is 9.97. The zero-order valence-corrected chi connectivity index (χ0v) is 8.82. The van der Waals surface area contributed by atoms with Gasteiger partial charge in [-0.15, -0.1) is 12.4 Å². The number of fused-ring (bicyclic) bond motifs is 1. The molecule has 2 aromatic rings. The number of methoxy groups -OCH3 is 1. The standard InChI is InChI=1S/C10H8N2O2.ClH/c1-14-7-2-3-8-9(4-7)11-6-12-10(8)5-13;/h2-6H,1H3;1H. The largest absolute Gasteiger partial charge is 0.497 e. The lowest BCUT2D eigenvalue weighted by atomic mass is 10.2. The third kappa shape index (κ3) is 2.05. The van der Waals surface area contributed by atoms with Crippen LogP contribution in [-0.4, -0.2) is 23.4 Å². The average Bonchev–Trinajstić information content (AvgIpc) is 2.27. The molecular formula is C10H9ClN2O2. The molecule has 1 heterocycles. The number of carbonyl (C=O) groups is 1. The molecule has 0 unspecified atom stereocenters. The number of aldehydes is 1. The van der Waals surface area contributed by atoms with Gasteiger partial charge in [-0.25, -0.2) is 9.97 Å². The molecule has 78 valence electrons. The van der Waals surface area contributed by atoms with E-state index in [0.29, 0.717) is 17.0 Å². The van der Waals surface area contributed by atoms with Crippen LogP contribution >= 0.6 is 12.4 Å². The van der Waals surface area contributed by atoms with Crippen molar-refractivity contribution >= 4 is 29.6 Å². The van der Waals surface area contributed by atoms with Crippen molar-refractivity contribution in [3.8, 4) is 5.75 Å². The molecule has 0 atom stereocenters. The van der Waals surface area contributed by atoms with Gasteiger partial charge in [-0.05, 0) is 12.1 Å². The Balaban J connectivity index is 0.00000112. The second-order valence-electron chi connectivity index (χ2n) is 2.76. The number of hydrogen-bond acceptors (Lipinski definition) is 4. The quantitative estimate of drug-likeness (QED) is 0.731. The Kier molecular flexibility index (Phi) is 3.57. The van der Waals surface area contributed by atoms with Crippen LogP contribution in [0, 0.1) is 0 Å². The van der Waals surface area contributed by atoms with Crippen molar-refractivity contribution in [3.63, 3.8) is 0 Å². The predicted octanol–water partition coefficient (Wildman–Crippen LogP) is 1.87. The normalized spacial score (nSPS) is 9.40. The third-order valence-corrected chi connectivity index (χ3v) is 1.99. The minimum absolute atomic E-state index is 0. The van der Waals surface area contributed by atoms with Gasteiger partial charge in [0.2, 0.25) is 0 Å². The van der Waals surface area contributed by atoms with Crippen molar-refractivity contribution in [1.82, 2.24) is 9.97 Å². The van der Waals surface area contributed by atoms with Gasteiger partial charge < -0.3 is 4.74 Å². The molecule has 0 N–H and O–H groups in total. The molecule has 0 radical (unpaired) electrons. The lowest BCUT2D eigenvalue weighted by Crippen LogP contribution is -1.92. The fourth-order valence-corrected chi connectivity index (χ4v) is 1.28. The fourth-order valence-electron chi connectivity index (χ4n) is 1.28. The molecule has 0 aliphatic heterocycles. The van der Waals surface area contributed by atoms with Crippen LogP contribution in [0.25, 0.3) is 10.9 Å². The van der Waals surface area contributed by atoms with E-state index in [-0.39, 0.29) is 12.4 Å². The molecule has 2 rings (SSSR count). The van der Waals surface area contributed by atoms with Crippen LogP contribution < -0.4 is 4.74 Å². The monoisotopic (exact) mass is 224 g/mol. The van der Waals surface area contributed by atoms with E-state index in [9.17, 15) is 4.79 Å². The minimum Gasteiger partial charge on any atom is -0.497 e. The molecule has 5 heteroatoms. The van der Waals surface area contributed by atoms with E-state index in [1.54, 1.807) is 25.3 Å². The van der Waals surface area contributed by atoms with E-state index < -0.39 is 0 Å². The van der Waals surface area contributed by atoms with E-state index >= 15 is 0 Å². The third-order valence-electron chi connectivity index (χ3n) is 1.99. The van der Waals surface area contributed by atoms with Crippen molar-refractivity contribution in [3.05, 3.63) is 30.2 Å². The van der Waals surface area contributed by atoms with Gasteiger partial charge in [-0.1, -0.05) is 0 Å². The van der Waals surface area contributed by atoms with Crippen LogP contribution in [-0.2, 0) is 0 Å². The van der Waals surface area contributed by atoms with Gasteiger partial charge in [-0.3, -0.25) is 4.79 Å². The van der Waals surface area contributed by atoms with E-state index in [4.69, 9.17) is 4.74 Å². The molecular weight excluding hydrogens is 216 g/mol. The number of hydrogen-bond donors (Lipinski definition) is 0. The summed E-state index contributed by atoms with van der Waals surface area (Å²) in [5, 5.41) is 0.739. The number of aromatic nitrogens is 2. The molecule has 4 nitrogen and oxygen atoms in total. The number of halogens is 1. The summed E-state index contributed by atoms with van der Waals surface area (Å²) < 4.78 is 5.05. The molecule has 1 aromatic carbocycles. The first-order chi connectivity index (χ1) is 6.85. The summed E-state index contributed by atoms with van der Waals surface area (Å²) in [6.45, 7) is 0. The fraction of sp³-hybridized carbons (Fsp3) is 0.100. The highest BCUT2D eigenvalue weighted by Crippen LogP contribution is 2.19. The molecule has 1 aromatic heterocycles. The Bertz CT molecular complexity index is 488. The summed E-state index contributed by atoms with van der Waals surface area (Å²) in [6.07, 6.45) is 2.09. The molecule has 0 bridgehead atoms. The van der Waals surface area contributed by atoms with Gasteiger partial charge in [0.05, 0.1) is 12.6 Å². The van der Waals surface area contributed by atoms with E-state index in [2.05, 4.69) is 9.97 Å². The highest BCUT2D eigenvalue weighted by Gasteiger charge is 2.02. The van der Waals surface area contributed by atoms with E-state index in [1.807, 2.05) is 0 Å². The second kappa shape index (κ2) is 4.70. The molecule has 0 saturated heterocycles. The molecule has 0 aliphatic rings. The highest BCUT2D eigenvalue weighted by atomic mass is 35.5. The summed E-state index contributed by atoms with van der Waals surface area (Å²) in [7, 11) is 1.59. The van der Waals surface area contributed by atoms with Crippen molar-refractivity contribution in [2.24, 2.45) is 0 Å². The number of nitrogens with zero attached hydrogens (tertiary/aromatic N) is 2. The van der Waals surface area contributed by atoms with Gasteiger partial charge in [-0.2, -0.15) is 0 Å². The highest BCUT2D eigenvalue weighted by molar-refractivity contribution is 5.94. The molecule has 0 spiro atoms. The maximum Gasteiger partial charge on any atom is 0.169 e. The number of ether oxygens (including phenoxy) is 1. The molecule has 0 saturated carbocycles. The molecule has 0 aliphatic carbocycles. The van der Waals surface area contributed by atoms with Crippen LogP contribution in [0.2, 0.25) is 0 Å². The SMILES string of the molecule is COc1ccc2c(C=O)ncnc2c1.Cl. The van der Waals surface area contributed by atoms with E-state index in [0.717, 1.165) is 11.7 Å². The van der Waals surface area contributed by atoms with Crippen molar-refractivity contribution < 1.29 is 9.53 Å². The summed E-state index contributed by atoms with van der Waals surface area (Å²) in [4.78, 5) is 18.6. The van der Waals surface area contributed by atoms with Gasteiger partial charge in [0.1, 0.15) is 17.8 Å². The van der Waals surface area contributed by atoms with Crippen molar-refractivity contribution in [2.45, 2.75) is 0 Å². The summed E-state index contributed by atoms with van der Waals surface area (Å²) in [5.41, 5.74) is 1.11. The van der Waals surface area contributed by atoms with Crippen LogP contribution in [0.1, 0.15) is 10.5 Å². The van der Waals surface area contributed by atoms with Gasteiger partial charge in [0.25, 0.3) is 0 Å². The first kappa shape index (κ1) is 11.4. The Morgan fingerprint density at radius 1 is 1.33 bits per heavy atom. The Morgan fingerprint density at radius 3 is 2.80 bits per heavy atom. The second-order valence-corrected chi connectivity index (χ2v) is 2.76. The minimum atomic E-state index is 0. The van der Waals surface area contributed by atoms with E-state index in [1.165, 1.54) is 6.33 Å². The number of benzene rings is 1. The summed E-state index contributed by atoms with van der Waals surface area (Å²) in [5.74, 6) is 0.716. The van der Waals surface area contributed by atoms with Gasteiger partial charge in [0, 0.05) is 11.5 Å². The predicted molar refractivity (Wildman–Crippen MR) is 58.7 cm³/mol. The lowest BCUT2D eigenvalue weighted by molar-refractivity contribution is 0.112. The van der Waals surface area contributed by atoms with Gasteiger partial charge in [0.15, 0.2) is 6.29 Å². The maximum absolute atomic E-state index is 10.7. The zero-order valence-electron chi connectivity index (χ0n) is 8.01. The smallest absolute Gasteiger partial charge is 0.169 e. The number of rotatable bonds is 2. The first-order valence-electron chi connectivity index (χ1n) is 4.09. The molecule has 0 fully saturated rings. The van der Waals surface area contributed by atoms with Crippen LogP contribution in [0.5, 0.6) is 5.75 Å². The maximum atomic E-state index is 10.7. The van der Waals surface area contributed by atoms with Crippen molar-refractivity contribution in [2.75, 3.05) is 7.11 Å². The Labute approximate surface area is 92.7 Å². The van der Waals surface area contributed by atoms with Crippen molar-refractivity contribution in [1.29, 1.82) is 0 Å². The topological polar surface area (TPSA) is 52.1 Å². The Morgan fingerprint density at radius 2 is 2.13 bits per heavy atom. The summed E-state index contributed by atoms with van der Waals surface area (Å²) in [6, 6.07) is 5.32. The van der Waals surface area contributed by atoms with Crippen LogP contribution in [0.3, 0.4) is 0 Å². The molecule has 0 amide bonds. The lowest BCUT2D eigenvalue weighted by Gasteiger charge is -2.02. The Hall–Kier alpha value is -1.68. The number of carbonyl (C=O) groups excluding carboxylic acids is 1. The first-order valence-corrected chi connectivity index (χ1v) is 4.09.